The molecule has 1 aromatic heterocycles. The molecule has 82 valence electrons. The fourth-order valence-corrected chi connectivity index (χ4v) is 0.904. The van der Waals surface area contributed by atoms with Crippen LogP contribution in [0.5, 0.6) is 0 Å². The summed E-state index contributed by atoms with van der Waals surface area (Å²) in [6, 6.07) is 0. The number of rotatable bonds is 5. The Balaban J connectivity index is 2.61. The molecule has 0 spiro atoms. The van der Waals surface area contributed by atoms with E-state index >= 15 is 0 Å². The Morgan fingerprint density at radius 1 is 1.60 bits per heavy atom. The number of nitrogens with zero attached hydrogens (tertiary/aromatic N) is 2. The highest BCUT2D eigenvalue weighted by atomic mass is 16.5. The molecule has 0 amide bonds. The average molecular weight is 209 g/mol. The molecule has 5 nitrogen and oxygen atoms in total. The van der Waals surface area contributed by atoms with Crippen molar-refractivity contribution < 1.29 is 9.26 Å². The number of terminal acetylenes is 1. The second-order valence-corrected chi connectivity index (χ2v) is 3.53. The van der Waals surface area contributed by atoms with Gasteiger partial charge in [0.25, 0.3) is 0 Å². The van der Waals surface area contributed by atoms with E-state index in [1.165, 1.54) is 0 Å². The molecule has 0 aliphatic heterocycles. The molecule has 0 aromatic carbocycles. The summed E-state index contributed by atoms with van der Waals surface area (Å²) < 4.78 is 10.3. The maximum Gasteiger partial charge on any atom is 0.240 e. The Morgan fingerprint density at radius 2 is 2.33 bits per heavy atom. The van der Waals surface area contributed by atoms with Gasteiger partial charge in [-0.15, -0.1) is 6.42 Å². The van der Waals surface area contributed by atoms with Crippen LogP contribution in [0.2, 0.25) is 0 Å². The first-order valence-corrected chi connectivity index (χ1v) is 4.62. The summed E-state index contributed by atoms with van der Waals surface area (Å²) in [7, 11) is 1.60. The lowest BCUT2D eigenvalue weighted by Gasteiger charge is -2.17. The van der Waals surface area contributed by atoms with Gasteiger partial charge in [-0.3, -0.25) is 5.32 Å². The van der Waals surface area contributed by atoms with Gasteiger partial charge in [0, 0.05) is 7.11 Å². The quantitative estimate of drug-likeness (QED) is 0.570. The Bertz CT molecular complexity index is 352. The van der Waals surface area contributed by atoms with Gasteiger partial charge >= 0.3 is 0 Å². The number of aromatic nitrogens is 2. The standard InChI is InChI=1S/C10H15N3O2/c1-5-6-11-7-8-12-9(13-15-8)10(2,3)14-4/h1,11H,6-7H2,2-4H3. The van der Waals surface area contributed by atoms with Crippen LogP contribution in [-0.2, 0) is 16.9 Å². The molecule has 0 aliphatic rings. The molecule has 0 saturated carbocycles. The van der Waals surface area contributed by atoms with Gasteiger partial charge in [0.05, 0.1) is 13.1 Å². The van der Waals surface area contributed by atoms with E-state index < -0.39 is 5.60 Å². The largest absolute Gasteiger partial charge is 0.371 e. The number of nitrogens with one attached hydrogen (secondary N) is 1. The van der Waals surface area contributed by atoms with Gasteiger partial charge in [0.15, 0.2) is 0 Å². The van der Waals surface area contributed by atoms with Gasteiger partial charge in [-0.05, 0) is 13.8 Å². The number of methoxy groups -OCH3 is 1. The van der Waals surface area contributed by atoms with Crippen molar-refractivity contribution >= 4 is 0 Å². The topological polar surface area (TPSA) is 60.2 Å². The van der Waals surface area contributed by atoms with Crippen molar-refractivity contribution in [1.82, 2.24) is 15.5 Å². The van der Waals surface area contributed by atoms with Gasteiger partial charge in [-0.1, -0.05) is 11.1 Å². The Morgan fingerprint density at radius 3 is 2.93 bits per heavy atom. The van der Waals surface area contributed by atoms with Gasteiger partial charge in [-0.25, -0.2) is 0 Å². The fraction of sp³-hybridized carbons (Fsp3) is 0.600. The van der Waals surface area contributed by atoms with Crippen molar-refractivity contribution in [2.45, 2.75) is 26.0 Å². The lowest BCUT2D eigenvalue weighted by molar-refractivity contribution is 0.00973. The molecule has 1 rings (SSSR count). The van der Waals surface area contributed by atoms with Crippen molar-refractivity contribution in [2.75, 3.05) is 13.7 Å². The first-order chi connectivity index (χ1) is 7.10. The second-order valence-electron chi connectivity index (χ2n) is 3.53. The molecule has 0 saturated heterocycles. The third-order valence-electron chi connectivity index (χ3n) is 2.02. The van der Waals surface area contributed by atoms with Gasteiger partial charge in [0.1, 0.15) is 5.60 Å². The van der Waals surface area contributed by atoms with Gasteiger partial charge in [0.2, 0.25) is 11.7 Å². The van der Waals surface area contributed by atoms with Crippen LogP contribution in [0, 0.1) is 12.3 Å². The minimum atomic E-state index is -0.534. The maximum atomic E-state index is 5.22. The molecular weight excluding hydrogens is 194 g/mol. The summed E-state index contributed by atoms with van der Waals surface area (Å²) in [5.41, 5.74) is -0.534. The van der Waals surface area contributed by atoms with Gasteiger partial charge in [-0.2, -0.15) is 4.98 Å². The van der Waals surface area contributed by atoms with Crippen molar-refractivity contribution in [3.05, 3.63) is 11.7 Å². The van der Waals surface area contributed by atoms with Gasteiger partial charge < -0.3 is 9.26 Å². The molecule has 1 aromatic rings. The van der Waals surface area contributed by atoms with E-state index in [4.69, 9.17) is 15.7 Å². The molecule has 0 unspecified atom stereocenters. The highest BCUT2D eigenvalue weighted by Crippen LogP contribution is 2.20. The minimum Gasteiger partial charge on any atom is -0.371 e. The predicted octanol–water partition coefficient (Wildman–Crippen LogP) is 0.674. The molecule has 0 aliphatic carbocycles. The van der Waals surface area contributed by atoms with E-state index in [1.807, 2.05) is 13.8 Å². The third-order valence-corrected chi connectivity index (χ3v) is 2.02. The Hall–Kier alpha value is -1.38. The second kappa shape index (κ2) is 4.91. The van der Waals surface area contributed by atoms with Crippen molar-refractivity contribution in [1.29, 1.82) is 0 Å². The van der Waals surface area contributed by atoms with Crippen LogP contribution in [0.1, 0.15) is 25.6 Å². The highest BCUT2D eigenvalue weighted by Gasteiger charge is 2.25. The Kier molecular flexibility index (Phi) is 3.83. The van der Waals surface area contributed by atoms with Crippen LogP contribution in [0.25, 0.3) is 0 Å². The van der Waals surface area contributed by atoms with E-state index in [0.717, 1.165) is 0 Å². The van der Waals surface area contributed by atoms with E-state index in [0.29, 0.717) is 24.8 Å². The predicted molar refractivity (Wildman–Crippen MR) is 54.9 cm³/mol. The lowest BCUT2D eigenvalue weighted by Crippen LogP contribution is -2.21. The number of hydrogen-bond donors (Lipinski definition) is 1. The van der Waals surface area contributed by atoms with Crippen molar-refractivity contribution in [3.8, 4) is 12.3 Å². The third kappa shape index (κ3) is 3.05. The molecule has 0 atom stereocenters. The summed E-state index contributed by atoms with van der Waals surface area (Å²) in [6.45, 7) is 4.69. The number of ether oxygens (including phenoxy) is 1. The van der Waals surface area contributed by atoms with Crippen LogP contribution in [0.15, 0.2) is 4.52 Å². The molecule has 15 heavy (non-hydrogen) atoms. The van der Waals surface area contributed by atoms with E-state index in [2.05, 4.69) is 21.4 Å². The SMILES string of the molecule is C#CCNCc1nc(C(C)(C)OC)no1. The normalized spacial score (nSPS) is 11.3. The van der Waals surface area contributed by atoms with E-state index in [9.17, 15) is 0 Å². The monoisotopic (exact) mass is 209 g/mol. The first-order valence-electron chi connectivity index (χ1n) is 4.62. The first kappa shape index (κ1) is 11.7. The molecule has 0 bridgehead atoms. The van der Waals surface area contributed by atoms with Crippen LogP contribution in [-0.4, -0.2) is 23.8 Å². The van der Waals surface area contributed by atoms with Crippen LogP contribution >= 0.6 is 0 Å². The zero-order chi connectivity index (χ0) is 11.3. The van der Waals surface area contributed by atoms with E-state index in [-0.39, 0.29) is 0 Å². The summed E-state index contributed by atoms with van der Waals surface area (Å²) in [5, 5.41) is 6.80. The van der Waals surface area contributed by atoms with E-state index in [1.54, 1.807) is 7.11 Å². The summed E-state index contributed by atoms with van der Waals surface area (Å²) in [5.74, 6) is 3.50. The zero-order valence-electron chi connectivity index (χ0n) is 9.20. The smallest absolute Gasteiger partial charge is 0.240 e. The average Bonchev–Trinajstić information content (AvgIpc) is 2.68. The van der Waals surface area contributed by atoms with Crippen molar-refractivity contribution in [3.63, 3.8) is 0 Å². The molecule has 1 N–H and O–H groups in total. The Labute approximate surface area is 89.2 Å². The molecular formula is C10H15N3O2. The van der Waals surface area contributed by atoms with Crippen LogP contribution < -0.4 is 5.32 Å². The lowest BCUT2D eigenvalue weighted by atomic mass is 10.1. The zero-order valence-corrected chi connectivity index (χ0v) is 9.20. The molecule has 5 heteroatoms. The fourth-order valence-electron chi connectivity index (χ4n) is 0.904. The van der Waals surface area contributed by atoms with Crippen LogP contribution in [0.3, 0.4) is 0 Å². The maximum absolute atomic E-state index is 5.22. The summed E-state index contributed by atoms with van der Waals surface area (Å²) in [4.78, 5) is 4.19. The van der Waals surface area contributed by atoms with Crippen LogP contribution in [0.4, 0.5) is 0 Å². The summed E-state index contributed by atoms with van der Waals surface area (Å²) >= 11 is 0. The molecule has 1 heterocycles. The van der Waals surface area contributed by atoms with Crippen molar-refractivity contribution in [2.24, 2.45) is 0 Å². The molecule has 0 fully saturated rings. The summed E-state index contributed by atoms with van der Waals surface area (Å²) in [6.07, 6.45) is 5.09. The number of hydrogen-bond acceptors (Lipinski definition) is 5. The minimum absolute atomic E-state index is 0.469. The highest BCUT2D eigenvalue weighted by molar-refractivity contribution is 4.97. The molecule has 0 radical (unpaired) electrons.